The summed E-state index contributed by atoms with van der Waals surface area (Å²) in [7, 11) is 0. The monoisotopic (exact) mass is 198 g/mol. The number of aliphatic hydroxyl groups excluding tert-OH is 1. The van der Waals surface area contributed by atoms with Crippen LogP contribution in [0.4, 0.5) is 0 Å². The third-order valence-corrected chi connectivity index (χ3v) is 2.70. The number of hydrogen-bond acceptors (Lipinski definition) is 2. The minimum Gasteiger partial charge on any atom is -0.392 e. The number of aliphatic hydroxyl groups is 1. The largest absolute Gasteiger partial charge is 0.392 e. The second kappa shape index (κ2) is 3.07. The lowest BCUT2D eigenvalue weighted by atomic mass is 10.1. The summed E-state index contributed by atoms with van der Waals surface area (Å²) in [4.78, 5) is 7.23. The number of nitrogens with zero attached hydrogens (tertiary/aromatic N) is 1. The normalized spacial score (nSPS) is 11.3. The molecule has 3 rings (SSSR count). The molecule has 0 unspecified atom stereocenters. The Morgan fingerprint density at radius 3 is 3.07 bits per heavy atom. The minimum atomic E-state index is 0.0661. The molecule has 3 aromatic rings. The zero-order valence-corrected chi connectivity index (χ0v) is 8.07. The van der Waals surface area contributed by atoms with Crippen LogP contribution in [0.5, 0.6) is 0 Å². The summed E-state index contributed by atoms with van der Waals surface area (Å²) in [5.74, 6) is 0. The van der Waals surface area contributed by atoms with Crippen molar-refractivity contribution in [1.82, 2.24) is 9.97 Å². The van der Waals surface area contributed by atoms with Crippen molar-refractivity contribution in [1.29, 1.82) is 0 Å². The van der Waals surface area contributed by atoms with Crippen molar-refractivity contribution in [2.45, 2.75) is 6.61 Å². The van der Waals surface area contributed by atoms with E-state index in [1.165, 1.54) is 0 Å². The van der Waals surface area contributed by atoms with E-state index in [0.29, 0.717) is 0 Å². The van der Waals surface area contributed by atoms with Gasteiger partial charge in [0.1, 0.15) is 0 Å². The molecule has 2 N–H and O–H groups in total. The summed E-state index contributed by atoms with van der Waals surface area (Å²) in [6.45, 7) is 0.0661. The average Bonchev–Trinajstić information content (AvgIpc) is 2.68. The van der Waals surface area contributed by atoms with Gasteiger partial charge in [-0.25, -0.2) is 0 Å². The van der Waals surface area contributed by atoms with Gasteiger partial charge in [-0.05, 0) is 23.6 Å². The van der Waals surface area contributed by atoms with E-state index < -0.39 is 0 Å². The van der Waals surface area contributed by atoms with Crippen LogP contribution in [0.15, 0.2) is 36.8 Å². The molecule has 0 spiro atoms. The SMILES string of the molecule is OCc1c[nH]c2cc3cnccc3cc12. The van der Waals surface area contributed by atoms with Crippen LogP contribution < -0.4 is 0 Å². The number of aromatic nitrogens is 2. The van der Waals surface area contributed by atoms with E-state index in [9.17, 15) is 0 Å². The molecule has 0 radical (unpaired) electrons. The molecule has 0 amide bonds. The van der Waals surface area contributed by atoms with Gasteiger partial charge in [-0.15, -0.1) is 0 Å². The second-order valence-corrected chi connectivity index (χ2v) is 3.59. The van der Waals surface area contributed by atoms with Gasteiger partial charge in [-0.3, -0.25) is 4.98 Å². The Morgan fingerprint density at radius 1 is 1.27 bits per heavy atom. The van der Waals surface area contributed by atoms with Gasteiger partial charge in [0.05, 0.1) is 6.61 Å². The van der Waals surface area contributed by atoms with Gasteiger partial charge in [-0.1, -0.05) is 0 Å². The molecule has 0 fully saturated rings. The van der Waals surface area contributed by atoms with Crippen LogP contribution >= 0.6 is 0 Å². The Hall–Kier alpha value is -1.87. The highest BCUT2D eigenvalue weighted by Crippen LogP contribution is 2.24. The zero-order chi connectivity index (χ0) is 10.3. The van der Waals surface area contributed by atoms with Crippen molar-refractivity contribution in [3.05, 3.63) is 42.4 Å². The van der Waals surface area contributed by atoms with Crippen molar-refractivity contribution in [2.24, 2.45) is 0 Å². The fraction of sp³-hybridized carbons (Fsp3) is 0.0833. The first-order chi connectivity index (χ1) is 7.38. The number of pyridine rings is 1. The maximum atomic E-state index is 9.16. The Morgan fingerprint density at radius 2 is 2.20 bits per heavy atom. The lowest BCUT2D eigenvalue weighted by Crippen LogP contribution is -1.80. The van der Waals surface area contributed by atoms with Gasteiger partial charge in [0.2, 0.25) is 0 Å². The lowest BCUT2D eigenvalue weighted by molar-refractivity contribution is 0.283. The van der Waals surface area contributed by atoms with Crippen LogP contribution in [-0.4, -0.2) is 15.1 Å². The summed E-state index contributed by atoms with van der Waals surface area (Å²) in [5.41, 5.74) is 1.98. The van der Waals surface area contributed by atoms with Crippen molar-refractivity contribution in [2.75, 3.05) is 0 Å². The van der Waals surface area contributed by atoms with Crippen molar-refractivity contribution in [3.8, 4) is 0 Å². The second-order valence-electron chi connectivity index (χ2n) is 3.59. The van der Waals surface area contributed by atoms with E-state index in [0.717, 1.165) is 27.2 Å². The highest BCUT2D eigenvalue weighted by Gasteiger charge is 2.03. The van der Waals surface area contributed by atoms with E-state index in [-0.39, 0.29) is 6.61 Å². The molecule has 15 heavy (non-hydrogen) atoms. The Balaban J connectivity index is 2.45. The smallest absolute Gasteiger partial charge is 0.0702 e. The predicted molar refractivity (Wildman–Crippen MR) is 59.5 cm³/mol. The highest BCUT2D eigenvalue weighted by molar-refractivity contribution is 5.97. The van der Waals surface area contributed by atoms with Crippen molar-refractivity contribution >= 4 is 21.7 Å². The molecule has 1 aromatic carbocycles. The molecule has 0 saturated heterocycles. The van der Waals surface area contributed by atoms with Crippen LogP contribution in [0.25, 0.3) is 21.7 Å². The Kier molecular flexibility index (Phi) is 1.73. The number of aromatic amines is 1. The average molecular weight is 198 g/mol. The third kappa shape index (κ3) is 1.21. The van der Waals surface area contributed by atoms with Gasteiger partial charge >= 0.3 is 0 Å². The summed E-state index contributed by atoms with van der Waals surface area (Å²) < 4.78 is 0. The van der Waals surface area contributed by atoms with Crippen LogP contribution in [0.1, 0.15) is 5.56 Å². The molecule has 3 nitrogen and oxygen atoms in total. The molecular weight excluding hydrogens is 188 g/mol. The van der Waals surface area contributed by atoms with Crippen LogP contribution in [0, 0.1) is 0 Å². The first-order valence-electron chi connectivity index (χ1n) is 4.83. The quantitative estimate of drug-likeness (QED) is 0.629. The number of H-pyrrole nitrogens is 1. The molecule has 0 aliphatic rings. The van der Waals surface area contributed by atoms with Gasteiger partial charge in [0.15, 0.2) is 0 Å². The highest BCUT2D eigenvalue weighted by atomic mass is 16.3. The van der Waals surface area contributed by atoms with Crippen LogP contribution in [0.2, 0.25) is 0 Å². The fourth-order valence-corrected chi connectivity index (χ4v) is 1.89. The maximum Gasteiger partial charge on any atom is 0.0702 e. The molecule has 0 bridgehead atoms. The number of nitrogens with one attached hydrogen (secondary N) is 1. The molecule has 2 aromatic heterocycles. The van der Waals surface area contributed by atoms with E-state index in [1.807, 2.05) is 18.5 Å². The molecule has 0 saturated carbocycles. The molecule has 0 aliphatic heterocycles. The molecule has 74 valence electrons. The predicted octanol–water partition coefficient (Wildman–Crippen LogP) is 2.21. The third-order valence-electron chi connectivity index (χ3n) is 2.70. The summed E-state index contributed by atoms with van der Waals surface area (Å²) in [5, 5.41) is 12.5. The molecule has 0 atom stereocenters. The summed E-state index contributed by atoms with van der Waals surface area (Å²) in [6.07, 6.45) is 5.46. The standard InChI is InChI=1S/C12H10N2O/c15-7-10-6-14-12-4-9-5-13-2-1-8(9)3-11(10)12/h1-6,14-15H,7H2. The van der Waals surface area contributed by atoms with E-state index in [4.69, 9.17) is 5.11 Å². The Bertz CT molecular complexity index is 628. The summed E-state index contributed by atoms with van der Waals surface area (Å²) in [6, 6.07) is 6.11. The molecule has 0 aliphatic carbocycles. The van der Waals surface area contributed by atoms with Crippen molar-refractivity contribution < 1.29 is 5.11 Å². The summed E-state index contributed by atoms with van der Waals surface area (Å²) >= 11 is 0. The number of rotatable bonds is 1. The number of hydrogen-bond donors (Lipinski definition) is 2. The topological polar surface area (TPSA) is 48.9 Å². The van der Waals surface area contributed by atoms with Gasteiger partial charge in [0, 0.05) is 40.4 Å². The first kappa shape index (κ1) is 8.44. The van der Waals surface area contributed by atoms with Crippen LogP contribution in [0.3, 0.4) is 0 Å². The lowest BCUT2D eigenvalue weighted by Gasteiger charge is -1.98. The number of fused-ring (bicyclic) bond motifs is 2. The fourth-order valence-electron chi connectivity index (χ4n) is 1.89. The van der Waals surface area contributed by atoms with Gasteiger partial charge in [0.25, 0.3) is 0 Å². The van der Waals surface area contributed by atoms with E-state index in [1.54, 1.807) is 6.20 Å². The van der Waals surface area contributed by atoms with Crippen LogP contribution in [-0.2, 0) is 6.61 Å². The maximum absolute atomic E-state index is 9.16. The molecular formula is C12H10N2O. The van der Waals surface area contributed by atoms with E-state index >= 15 is 0 Å². The Labute approximate surface area is 86.4 Å². The van der Waals surface area contributed by atoms with E-state index in [2.05, 4.69) is 22.1 Å². The van der Waals surface area contributed by atoms with Gasteiger partial charge in [-0.2, -0.15) is 0 Å². The minimum absolute atomic E-state index is 0.0661. The molecule has 3 heteroatoms. The first-order valence-corrected chi connectivity index (χ1v) is 4.83. The number of benzene rings is 1. The van der Waals surface area contributed by atoms with Gasteiger partial charge < -0.3 is 10.1 Å². The van der Waals surface area contributed by atoms with Crippen molar-refractivity contribution in [3.63, 3.8) is 0 Å². The molecule has 2 heterocycles. The zero-order valence-electron chi connectivity index (χ0n) is 8.07.